The predicted molar refractivity (Wildman–Crippen MR) is 63.2 cm³/mol. The minimum Gasteiger partial charge on any atom is -0.382 e. The van der Waals surface area contributed by atoms with Gasteiger partial charge >= 0.3 is 0 Å². The highest BCUT2D eigenvalue weighted by Gasteiger charge is 2.18. The zero-order chi connectivity index (χ0) is 11.4. The first-order chi connectivity index (χ1) is 7.78. The van der Waals surface area contributed by atoms with E-state index in [9.17, 15) is 0 Å². The molecule has 0 aliphatic carbocycles. The van der Waals surface area contributed by atoms with Gasteiger partial charge in [-0.15, -0.1) is 0 Å². The molecule has 2 unspecified atom stereocenters. The van der Waals surface area contributed by atoms with E-state index in [2.05, 4.69) is 18.3 Å². The maximum atomic E-state index is 8.70. The lowest BCUT2D eigenvalue weighted by atomic mass is 10.0. The van der Waals surface area contributed by atoms with Crippen LogP contribution < -0.4 is 5.32 Å². The van der Waals surface area contributed by atoms with Gasteiger partial charge in [0.05, 0.1) is 17.7 Å². The molecule has 0 radical (unpaired) electrons. The molecule has 1 aliphatic heterocycles. The summed E-state index contributed by atoms with van der Waals surface area (Å²) in [5, 5.41) is 12.2. The number of hydrogen-bond donors (Lipinski definition) is 1. The van der Waals surface area contributed by atoms with Gasteiger partial charge in [0.2, 0.25) is 0 Å². The van der Waals surface area contributed by atoms with Gasteiger partial charge in [0.1, 0.15) is 0 Å². The van der Waals surface area contributed by atoms with Crippen LogP contribution in [0.15, 0.2) is 24.3 Å². The fourth-order valence-electron chi connectivity index (χ4n) is 2.01. The highest BCUT2D eigenvalue weighted by molar-refractivity contribution is 5.47. The van der Waals surface area contributed by atoms with Crippen molar-refractivity contribution in [2.24, 2.45) is 0 Å². The van der Waals surface area contributed by atoms with Crippen LogP contribution in [0.5, 0.6) is 0 Å². The fourth-order valence-corrected chi connectivity index (χ4v) is 2.01. The van der Waals surface area contributed by atoms with E-state index in [0.717, 1.165) is 25.1 Å². The Morgan fingerprint density at radius 3 is 2.75 bits per heavy atom. The molecule has 1 saturated heterocycles. The minimum absolute atomic E-state index is 0.338. The summed E-state index contributed by atoms with van der Waals surface area (Å²) in [6.45, 7) is 2.93. The lowest BCUT2D eigenvalue weighted by molar-refractivity contribution is 0.0232. The number of nitrogens with one attached hydrogen (secondary N) is 1. The summed E-state index contributed by atoms with van der Waals surface area (Å²) < 4.78 is 5.50. The molecule has 2 atom stereocenters. The molecule has 1 N–H and O–H groups in total. The molecule has 1 fully saturated rings. The van der Waals surface area contributed by atoms with Crippen molar-refractivity contribution in [1.29, 1.82) is 5.26 Å². The summed E-state index contributed by atoms with van der Waals surface area (Å²) in [5.41, 5.74) is 1.78. The summed E-state index contributed by atoms with van der Waals surface area (Å²) in [6, 6.07) is 10.2. The molecule has 3 heteroatoms. The highest BCUT2D eigenvalue weighted by Crippen LogP contribution is 2.18. The monoisotopic (exact) mass is 216 g/mol. The lowest BCUT2D eigenvalue weighted by Crippen LogP contribution is -2.32. The number of nitrogens with zero attached hydrogens (tertiary/aromatic N) is 1. The van der Waals surface area contributed by atoms with Crippen LogP contribution in [-0.4, -0.2) is 18.8 Å². The van der Waals surface area contributed by atoms with Crippen LogP contribution in [0.2, 0.25) is 0 Å². The molecule has 1 aliphatic rings. The third kappa shape index (κ3) is 2.74. The van der Waals surface area contributed by atoms with Crippen LogP contribution >= 0.6 is 0 Å². The topological polar surface area (TPSA) is 45.0 Å². The Hall–Kier alpha value is -1.53. The Morgan fingerprint density at radius 1 is 1.38 bits per heavy atom. The molecule has 16 heavy (non-hydrogen) atoms. The maximum absolute atomic E-state index is 8.70. The predicted octanol–water partition coefficient (Wildman–Crippen LogP) is 2.54. The van der Waals surface area contributed by atoms with Gasteiger partial charge in [-0.05, 0) is 44.0 Å². The Morgan fingerprint density at radius 2 is 2.12 bits per heavy atom. The average molecular weight is 216 g/mol. The molecule has 0 aromatic heterocycles. The second-order valence-electron chi connectivity index (χ2n) is 4.24. The standard InChI is InChI=1S/C13H16N2O/c1-10-8-13(6-7-16-10)15-12-4-2-11(9-14)3-5-12/h2-5,10,13,15H,6-8H2,1H3. The van der Waals surface area contributed by atoms with E-state index in [-0.39, 0.29) is 0 Å². The molecule has 0 spiro atoms. The van der Waals surface area contributed by atoms with Crippen LogP contribution in [0, 0.1) is 11.3 Å². The Balaban J connectivity index is 1.95. The van der Waals surface area contributed by atoms with Crippen LogP contribution in [0.25, 0.3) is 0 Å². The Labute approximate surface area is 96.0 Å². The fraction of sp³-hybridized carbons (Fsp3) is 0.462. The summed E-state index contributed by atoms with van der Waals surface area (Å²) in [4.78, 5) is 0. The first-order valence-electron chi connectivity index (χ1n) is 5.66. The summed E-state index contributed by atoms with van der Waals surface area (Å²) in [6.07, 6.45) is 2.43. The smallest absolute Gasteiger partial charge is 0.0991 e. The van der Waals surface area contributed by atoms with E-state index in [1.54, 1.807) is 0 Å². The molecule has 3 nitrogen and oxygen atoms in total. The van der Waals surface area contributed by atoms with Crippen molar-refractivity contribution in [3.8, 4) is 6.07 Å². The summed E-state index contributed by atoms with van der Waals surface area (Å²) >= 11 is 0. The molecule has 1 aromatic rings. The van der Waals surface area contributed by atoms with Gasteiger partial charge in [0.15, 0.2) is 0 Å². The van der Waals surface area contributed by atoms with E-state index < -0.39 is 0 Å². The normalized spacial score (nSPS) is 24.8. The van der Waals surface area contributed by atoms with Crippen LogP contribution in [-0.2, 0) is 4.74 Å². The van der Waals surface area contributed by atoms with Crippen LogP contribution in [0.1, 0.15) is 25.3 Å². The van der Waals surface area contributed by atoms with Crippen molar-refractivity contribution in [3.05, 3.63) is 29.8 Å². The van der Waals surface area contributed by atoms with Crippen molar-refractivity contribution in [2.45, 2.75) is 31.9 Å². The minimum atomic E-state index is 0.338. The third-order valence-electron chi connectivity index (χ3n) is 2.87. The van der Waals surface area contributed by atoms with E-state index >= 15 is 0 Å². The van der Waals surface area contributed by atoms with Crippen molar-refractivity contribution in [2.75, 3.05) is 11.9 Å². The third-order valence-corrected chi connectivity index (χ3v) is 2.87. The van der Waals surface area contributed by atoms with Gasteiger partial charge in [-0.3, -0.25) is 0 Å². The van der Waals surface area contributed by atoms with Gasteiger partial charge < -0.3 is 10.1 Å². The number of rotatable bonds is 2. The molecule has 0 saturated carbocycles. The first kappa shape index (κ1) is 11.0. The maximum Gasteiger partial charge on any atom is 0.0991 e. The lowest BCUT2D eigenvalue weighted by Gasteiger charge is -2.28. The van der Waals surface area contributed by atoms with Crippen LogP contribution in [0.4, 0.5) is 5.69 Å². The average Bonchev–Trinajstić information content (AvgIpc) is 2.30. The zero-order valence-electron chi connectivity index (χ0n) is 9.44. The van der Waals surface area contributed by atoms with Gasteiger partial charge in [-0.1, -0.05) is 0 Å². The number of nitriles is 1. The molecule has 0 amide bonds. The molecule has 84 valence electrons. The Bertz CT molecular complexity index is 380. The van der Waals surface area contributed by atoms with Crippen molar-refractivity contribution in [3.63, 3.8) is 0 Å². The van der Waals surface area contributed by atoms with E-state index in [1.807, 2.05) is 24.3 Å². The second kappa shape index (κ2) is 5.00. The molecule has 1 aromatic carbocycles. The highest BCUT2D eigenvalue weighted by atomic mass is 16.5. The van der Waals surface area contributed by atoms with E-state index in [4.69, 9.17) is 10.00 Å². The summed E-state index contributed by atoms with van der Waals surface area (Å²) in [7, 11) is 0. The summed E-state index contributed by atoms with van der Waals surface area (Å²) in [5.74, 6) is 0. The second-order valence-corrected chi connectivity index (χ2v) is 4.24. The largest absolute Gasteiger partial charge is 0.382 e. The van der Waals surface area contributed by atoms with Gasteiger partial charge in [-0.25, -0.2) is 0 Å². The SMILES string of the molecule is CC1CC(Nc2ccc(C#N)cc2)CCO1. The van der Waals surface area contributed by atoms with Gasteiger partial charge in [0, 0.05) is 18.3 Å². The Kier molecular flexibility index (Phi) is 3.43. The first-order valence-corrected chi connectivity index (χ1v) is 5.66. The molecular weight excluding hydrogens is 200 g/mol. The van der Waals surface area contributed by atoms with Crippen molar-refractivity contribution >= 4 is 5.69 Å². The van der Waals surface area contributed by atoms with Crippen molar-refractivity contribution < 1.29 is 4.74 Å². The number of anilines is 1. The van der Waals surface area contributed by atoms with Gasteiger partial charge in [-0.2, -0.15) is 5.26 Å². The number of ether oxygens (including phenoxy) is 1. The molecule has 0 bridgehead atoms. The van der Waals surface area contributed by atoms with Crippen molar-refractivity contribution in [1.82, 2.24) is 0 Å². The number of benzene rings is 1. The molecular formula is C13H16N2O. The molecule has 1 heterocycles. The van der Waals surface area contributed by atoms with E-state index in [1.165, 1.54) is 0 Å². The molecule has 2 rings (SSSR count). The van der Waals surface area contributed by atoms with Gasteiger partial charge in [0.25, 0.3) is 0 Å². The van der Waals surface area contributed by atoms with E-state index in [0.29, 0.717) is 17.7 Å². The van der Waals surface area contributed by atoms with Crippen LogP contribution in [0.3, 0.4) is 0 Å². The quantitative estimate of drug-likeness (QED) is 0.826. The number of hydrogen-bond acceptors (Lipinski definition) is 3. The zero-order valence-corrected chi connectivity index (χ0v) is 9.44.